The molecule has 0 aliphatic carbocycles. The molecule has 0 unspecified atom stereocenters. The third-order valence-corrected chi connectivity index (χ3v) is 2.16. The van der Waals surface area contributed by atoms with Gasteiger partial charge < -0.3 is 4.42 Å². The molecule has 0 radical (unpaired) electrons. The minimum atomic E-state index is 0.705. The number of carbonyl (C=O) groups is 1. The number of carbonyl (C=O) groups excluding carboxylic acids is 1. The van der Waals surface area contributed by atoms with Crippen molar-refractivity contribution in [3.63, 3.8) is 0 Å². The molecule has 1 rings (SSSR count). The van der Waals surface area contributed by atoms with Crippen molar-refractivity contribution in [1.82, 2.24) is 0 Å². The molecule has 0 aromatic carbocycles. The van der Waals surface area contributed by atoms with Crippen LogP contribution in [0.3, 0.4) is 0 Å². The van der Waals surface area contributed by atoms with Crippen molar-refractivity contribution in [3.8, 4) is 0 Å². The van der Waals surface area contributed by atoms with E-state index in [1.807, 2.05) is 0 Å². The minimum absolute atomic E-state index is 0.705. The predicted octanol–water partition coefficient (Wildman–Crippen LogP) is 3.21. The highest BCUT2D eigenvalue weighted by atomic mass is 16.3. The van der Waals surface area contributed by atoms with Gasteiger partial charge in [-0.3, -0.25) is 4.79 Å². The van der Waals surface area contributed by atoms with E-state index in [9.17, 15) is 4.79 Å². The Kier molecular flexibility index (Phi) is 4.30. The molecule has 2 heteroatoms. The van der Waals surface area contributed by atoms with E-state index in [0.29, 0.717) is 5.56 Å². The molecule has 2 nitrogen and oxygen atoms in total. The molecule has 0 bridgehead atoms. The molecular weight excluding hydrogens is 164 g/mol. The van der Waals surface area contributed by atoms with E-state index in [1.165, 1.54) is 19.3 Å². The van der Waals surface area contributed by atoms with Crippen LogP contribution in [0.1, 0.15) is 48.7 Å². The summed E-state index contributed by atoms with van der Waals surface area (Å²) >= 11 is 0. The number of aryl methyl sites for hydroxylation is 1. The minimum Gasteiger partial charge on any atom is -0.469 e. The first-order valence-corrected chi connectivity index (χ1v) is 4.90. The van der Waals surface area contributed by atoms with Gasteiger partial charge in [0.15, 0.2) is 6.29 Å². The lowest BCUT2D eigenvalue weighted by Crippen LogP contribution is -1.88. The normalized spacial score (nSPS) is 10.2. The van der Waals surface area contributed by atoms with Gasteiger partial charge in [-0.05, 0) is 12.5 Å². The largest absolute Gasteiger partial charge is 0.469 e. The molecule has 1 heterocycles. The van der Waals surface area contributed by atoms with Crippen molar-refractivity contribution in [3.05, 3.63) is 23.7 Å². The molecule has 0 saturated heterocycles. The summed E-state index contributed by atoms with van der Waals surface area (Å²) in [5.74, 6) is 0.839. The van der Waals surface area contributed by atoms with E-state index in [0.717, 1.165) is 24.9 Å². The summed E-state index contributed by atoms with van der Waals surface area (Å²) in [7, 11) is 0. The SMILES string of the molecule is CCCCCCc1occc1C=O. The second kappa shape index (κ2) is 5.57. The predicted molar refractivity (Wildman–Crippen MR) is 51.9 cm³/mol. The summed E-state index contributed by atoms with van der Waals surface area (Å²) in [6.07, 6.45) is 8.16. The van der Waals surface area contributed by atoms with Crippen molar-refractivity contribution in [2.45, 2.75) is 39.0 Å². The lowest BCUT2D eigenvalue weighted by atomic mass is 10.1. The summed E-state index contributed by atoms with van der Waals surface area (Å²) in [6.45, 7) is 2.18. The molecule has 1 aromatic heterocycles. The van der Waals surface area contributed by atoms with Crippen molar-refractivity contribution < 1.29 is 9.21 Å². The molecule has 0 saturated carbocycles. The van der Waals surface area contributed by atoms with Crippen molar-refractivity contribution in [1.29, 1.82) is 0 Å². The van der Waals surface area contributed by atoms with Gasteiger partial charge in [-0.15, -0.1) is 0 Å². The zero-order valence-electron chi connectivity index (χ0n) is 8.08. The average molecular weight is 180 g/mol. The Labute approximate surface area is 78.9 Å². The van der Waals surface area contributed by atoms with Gasteiger partial charge in [0, 0.05) is 6.42 Å². The molecule has 0 aliphatic heterocycles. The molecule has 0 aliphatic rings. The Morgan fingerprint density at radius 3 is 2.92 bits per heavy atom. The molecule has 72 valence electrons. The van der Waals surface area contributed by atoms with Gasteiger partial charge >= 0.3 is 0 Å². The Morgan fingerprint density at radius 1 is 1.38 bits per heavy atom. The zero-order valence-corrected chi connectivity index (χ0v) is 8.08. The number of aldehydes is 1. The van der Waals surface area contributed by atoms with Crippen molar-refractivity contribution in [2.24, 2.45) is 0 Å². The number of furan rings is 1. The summed E-state index contributed by atoms with van der Waals surface area (Å²) in [4.78, 5) is 10.5. The Morgan fingerprint density at radius 2 is 2.23 bits per heavy atom. The summed E-state index contributed by atoms with van der Waals surface area (Å²) in [5, 5.41) is 0. The van der Waals surface area contributed by atoms with E-state index in [4.69, 9.17) is 4.42 Å². The molecule has 0 spiro atoms. The average Bonchev–Trinajstić information content (AvgIpc) is 2.60. The van der Waals surface area contributed by atoms with Crippen molar-refractivity contribution in [2.75, 3.05) is 0 Å². The highest BCUT2D eigenvalue weighted by molar-refractivity contribution is 5.75. The third kappa shape index (κ3) is 3.05. The molecule has 13 heavy (non-hydrogen) atoms. The Balaban J connectivity index is 2.31. The molecule has 0 fully saturated rings. The van der Waals surface area contributed by atoms with Gasteiger partial charge in [-0.2, -0.15) is 0 Å². The monoisotopic (exact) mass is 180 g/mol. The van der Waals surface area contributed by atoms with Gasteiger partial charge in [0.2, 0.25) is 0 Å². The first kappa shape index (κ1) is 10.0. The topological polar surface area (TPSA) is 30.2 Å². The van der Waals surface area contributed by atoms with Gasteiger partial charge in [0.25, 0.3) is 0 Å². The van der Waals surface area contributed by atoms with E-state index < -0.39 is 0 Å². The quantitative estimate of drug-likeness (QED) is 0.497. The molecule has 0 atom stereocenters. The molecular formula is C11H16O2. The highest BCUT2D eigenvalue weighted by Crippen LogP contribution is 2.12. The fraction of sp³-hybridized carbons (Fsp3) is 0.545. The van der Waals surface area contributed by atoms with Crippen LogP contribution in [0.25, 0.3) is 0 Å². The maximum Gasteiger partial charge on any atom is 0.153 e. The summed E-state index contributed by atoms with van der Waals surface area (Å²) in [6, 6.07) is 1.72. The number of unbranched alkanes of at least 4 members (excludes halogenated alkanes) is 3. The number of hydrogen-bond acceptors (Lipinski definition) is 2. The van der Waals surface area contributed by atoms with Crippen LogP contribution >= 0.6 is 0 Å². The Hall–Kier alpha value is -1.05. The first-order valence-electron chi connectivity index (χ1n) is 4.90. The lowest BCUT2D eigenvalue weighted by Gasteiger charge is -1.97. The standard InChI is InChI=1S/C11H16O2/c1-2-3-4-5-6-11-10(9-12)7-8-13-11/h7-9H,2-6H2,1H3. The maximum absolute atomic E-state index is 10.5. The van der Waals surface area contributed by atoms with Crippen LogP contribution in [0, 0.1) is 0 Å². The van der Waals surface area contributed by atoms with Crippen LogP contribution < -0.4 is 0 Å². The lowest BCUT2D eigenvalue weighted by molar-refractivity contribution is 0.112. The Bertz CT molecular complexity index is 250. The second-order valence-electron chi connectivity index (χ2n) is 3.23. The van der Waals surface area contributed by atoms with Crippen LogP contribution in [-0.4, -0.2) is 6.29 Å². The van der Waals surface area contributed by atoms with Crippen LogP contribution in [0.4, 0.5) is 0 Å². The van der Waals surface area contributed by atoms with Crippen LogP contribution in [-0.2, 0) is 6.42 Å². The number of hydrogen-bond donors (Lipinski definition) is 0. The van der Waals surface area contributed by atoms with Crippen LogP contribution in [0.15, 0.2) is 16.7 Å². The van der Waals surface area contributed by atoms with Gasteiger partial charge in [0.1, 0.15) is 5.76 Å². The summed E-state index contributed by atoms with van der Waals surface area (Å²) < 4.78 is 5.20. The van der Waals surface area contributed by atoms with E-state index in [1.54, 1.807) is 12.3 Å². The zero-order chi connectivity index (χ0) is 9.52. The number of rotatable bonds is 6. The highest BCUT2D eigenvalue weighted by Gasteiger charge is 2.03. The third-order valence-electron chi connectivity index (χ3n) is 2.16. The molecule has 0 amide bonds. The van der Waals surface area contributed by atoms with E-state index >= 15 is 0 Å². The molecule has 1 aromatic rings. The maximum atomic E-state index is 10.5. The van der Waals surface area contributed by atoms with Gasteiger partial charge in [-0.25, -0.2) is 0 Å². The smallest absolute Gasteiger partial charge is 0.153 e. The van der Waals surface area contributed by atoms with Crippen molar-refractivity contribution >= 4 is 6.29 Å². The van der Waals surface area contributed by atoms with E-state index in [-0.39, 0.29) is 0 Å². The van der Waals surface area contributed by atoms with E-state index in [2.05, 4.69) is 6.92 Å². The van der Waals surface area contributed by atoms with Crippen LogP contribution in [0.2, 0.25) is 0 Å². The fourth-order valence-electron chi connectivity index (χ4n) is 1.37. The summed E-state index contributed by atoms with van der Waals surface area (Å²) in [5.41, 5.74) is 0.705. The fourth-order valence-corrected chi connectivity index (χ4v) is 1.37. The van der Waals surface area contributed by atoms with Gasteiger partial charge in [-0.1, -0.05) is 26.2 Å². The van der Waals surface area contributed by atoms with Gasteiger partial charge in [0.05, 0.1) is 11.8 Å². The molecule has 0 N–H and O–H groups in total. The van der Waals surface area contributed by atoms with Crippen LogP contribution in [0.5, 0.6) is 0 Å². The second-order valence-corrected chi connectivity index (χ2v) is 3.23. The first-order chi connectivity index (χ1) is 6.38.